The molecule has 2 atom stereocenters. The third-order valence-corrected chi connectivity index (χ3v) is 3.07. The van der Waals surface area contributed by atoms with Crippen LogP contribution in [0.15, 0.2) is 24.3 Å². The van der Waals surface area contributed by atoms with Gasteiger partial charge in [-0.05, 0) is 19.0 Å². The minimum absolute atomic E-state index is 0.336. The van der Waals surface area contributed by atoms with Crippen molar-refractivity contribution in [3.05, 3.63) is 35.6 Å². The average Bonchev–Trinajstić information content (AvgIpc) is 2.29. The van der Waals surface area contributed by atoms with Crippen molar-refractivity contribution in [2.45, 2.75) is 26.4 Å². The van der Waals surface area contributed by atoms with Crippen molar-refractivity contribution in [1.29, 1.82) is 0 Å². The Morgan fingerprint density at radius 2 is 1.94 bits per heavy atom. The summed E-state index contributed by atoms with van der Waals surface area (Å²) in [5.74, 6) is 0.254. The van der Waals surface area contributed by atoms with Gasteiger partial charge in [0.2, 0.25) is 0 Å². The van der Waals surface area contributed by atoms with Gasteiger partial charge in [-0.25, -0.2) is 4.39 Å². The van der Waals surface area contributed by atoms with Crippen LogP contribution >= 0.6 is 0 Å². The smallest absolute Gasteiger partial charge is 0.129 e. The van der Waals surface area contributed by atoms with Crippen LogP contribution in [-0.4, -0.2) is 30.1 Å². The van der Waals surface area contributed by atoms with Gasteiger partial charge in [0.15, 0.2) is 0 Å². The molecule has 17 heavy (non-hydrogen) atoms. The van der Waals surface area contributed by atoms with Crippen LogP contribution in [-0.2, 0) is 0 Å². The van der Waals surface area contributed by atoms with Gasteiger partial charge in [0.1, 0.15) is 5.82 Å². The highest BCUT2D eigenvalue weighted by molar-refractivity contribution is 5.19. The summed E-state index contributed by atoms with van der Waals surface area (Å²) in [5, 5.41) is 9.98. The van der Waals surface area contributed by atoms with Crippen molar-refractivity contribution in [3.8, 4) is 0 Å². The van der Waals surface area contributed by atoms with E-state index >= 15 is 0 Å². The fraction of sp³-hybridized carbons (Fsp3) is 0.571. The first-order valence-corrected chi connectivity index (χ1v) is 6.15. The van der Waals surface area contributed by atoms with E-state index in [-0.39, 0.29) is 5.82 Å². The molecule has 0 aliphatic carbocycles. The Morgan fingerprint density at radius 3 is 2.53 bits per heavy atom. The summed E-state index contributed by atoms with van der Waals surface area (Å²) in [6.45, 7) is 5.70. The number of aliphatic hydroxyl groups is 1. The van der Waals surface area contributed by atoms with E-state index in [2.05, 4.69) is 13.8 Å². The molecule has 1 N–H and O–H groups in total. The second-order valence-corrected chi connectivity index (χ2v) is 4.77. The van der Waals surface area contributed by atoms with Crippen LogP contribution in [0.3, 0.4) is 0 Å². The van der Waals surface area contributed by atoms with E-state index in [1.807, 2.05) is 11.9 Å². The minimum atomic E-state index is -0.759. The lowest BCUT2D eigenvalue weighted by atomic mass is 10.1. The molecule has 0 bridgehead atoms. The highest BCUT2D eigenvalue weighted by Crippen LogP contribution is 2.17. The van der Waals surface area contributed by atoms with Gasteiger partial charge in [-0.3, -0.25) is 0 Å². The fourth-order valence-electron chi connectivity index (χ4n) is 1.87. The highest BCUT2D eigenvalue weighted by atomic mass is 19.1. The maximum absolute atomic E-state index is 13.4. The fourth-order valence-corrected chi connectivity index (χ4v) is 1.87. The van der Waals surface area contributed by atoms with E-state index in [0.717, 1.165) is 13.0 Å². The second-order valence-electron chi connectivity index (χ2n) is 4.77. The number of hydrogen-bond acceptors (Lipinski definition) is 2. The largest absolute Gasteiger partial charge is 0.387 e. The van der Waals surface area contributed by atoms with Gasteiger partial charge in [0.25, 0.3) is 0 Å². The molecule has 0 aliphatic rings. The molecule has 0 amide bonds. The summed E-state index contributed by atoms with van der Waals surface area (Å²) >= 11 is 0. The molecular formula is C14H22FNO. The van der Waals surface area contributed by atoms with Crippen LogP contribution in [0.1, 0.15) is 31.9 Å². The van der Waals surface area contributed by atoms with Crippen molar-refractivity contribution in [1.82, 2.24) is 4.90 Å². The SMILES string of the molecule is CCC(C)CN(C)CC(O)c1ccccc1F. The number of rotatable bonds is 6. The number of likely N-dealkylation sites (N-methyl/N-ethyl adjacent to an activating group) is 1. The second kappa shape index (κ2) is 6.72. The standard InChI is InChI=1S/C14H22FNO/c1-4-11(2)9-16(3)10-14(17)12-7-5-6-8-13(12)15/h5-8,11,14,17H,4,9-10H2,1-3H3. The molecule has 2 nitrogen and oxygen atoms in total. The first kappa shape index (κ1) is 14.1. The maximum atomic E-state index is 13.4. The van der Waals surface area contributed by atoms with Gasteiger partial charge in [-0.15, -0.1) is 0 Å². The number of aliphatic hydroxyl groups excluding tert-OH is 1. The molecule has 1 aromatic rings. The van der Waals surface area contributed by atoms with Crippen LogP contribution < -0.4 is 0 Å². The van der Waals surface area contributed by atoms with Crippen LogP contribution in [0.2, 0.25) is 0 Å². The first-order valence-electron chi connectivity index (χ1n) is 6.15. The van der Waals surface area contributed by atoms with E-state index in [1.54, 1.807) is 18.2 Å². The number of benzene rings is 1. The molecule has 0 heterocycles. The molecular weight excluding hydrogens is 217 g/mol. The Hall–Kier alpha value is -0.930. The summed E-state index contributed by atoms with van der Waals surface area (Å²) in [6.07, 6.45) is 0.352. The molecule has 0 fully saturated rings. The summed E-state index contributed by atoms with van der Waals surface area (Å²) in [7, 11) is 1.95. The highest BCUT2D eigenvalue weighted by Gasteiger charge is 2.15. The van der Waals surface area contributed by atoms with E-state index in [1.165, 1.54) is 6.07 Å². The van der Waals surface area contributed by atoms with Crippen molar-refractivity contribution in [3.63, 3.8) is 0 Å². The van der Waals surface area contributed by atoms with Crippen molar-refractivity contribution >= 4 is 0 Å². The van der Waals surface area contributed by atoms with Gasteiger partial charge >= 0.3 is 0 Å². The van der Waals surface area contributed by atoms with E-state index < -0.39 is 6.10 Å². The Balaban J connectivity index is 2.54. The van der Waals surface area contributed by atoms with E-state index in [0.29, 0.717) is 18.0 Å². The first-order chi connectivity index (χ1) is 8.04. The summed E-state index contributed by atoms with van der Waals surface area (Å²) in [5.41, 5.74) is 0.378. The van der Waals surface area contributed by atoms with Crippen LogP contribution in [0.5, 0.6) is 0 Å². The zero-order valence-electron chi connectivity index (χ0n) is 10.9. The van der Waals surface area contributed by atoms with E-state index in [9.17, 15) is 9.50 Å². The van der Waals surface area contributed by atoms with Gasteiger partial charge in [-0.2, -0.15) is 0 Å². The van der Waals surface area contributed by atoms with Gasteiger partial charge in [-0.1, -0.05) is 38.5 Å². The Bertz CT molecular complexity index is 343. The number of nitrogens with zero attached hydrogens (tertiary/aromatic N) is 1. The lowest BCUT2D eigenvalue weighted by molar-refractivity contribution is 0.116. The van der Waals surface area contributed by atoms with Crippen molar-refractivity contribution in [2.75, 3.05) is 20.1 Å². The van der Waals surface area contributed by atoms with Crippen molar-refractivity contribution in [2.24, 2.45) is 5.92 Å². The summed E-state index contributed by atoms with van der Waals surface area (Å²) < 4.78 is 13.4. The van der Waals surface area contributed by atoms with Crippen molar-refractivity contribution < 1.29 is 9.50 Å². The Morgan fingerprint density at radius 1 is 1.29 bits per heavy atom. The van der Waals surface area contributed by atoms with Gasteiger partial charge in [0.05, 0.1) is 6.10 Å². The molecule has 0 saturated carbocycles. The molecule has 0 aliphatic heterocycles. The molecule has 0 aromatic heterocycles. The zero-order valence-corrected chi connectivity index (χ0v) is 10.9. The predicted octanol–water partition coefficient (Wildman–Crippen LogP) is 2.84. The Labute approximate surface area is 103 Å². The number of halogens is 1. The van der Waals surface area contributed by atoms with Crippen LogP contribution in [0.4, 0.5) is 4.39 Å². The lowest BCUT2D eigenvalue weighted by Gasteiger charge is -2.23. The van der Waals surface area contributed by atoms with Crippen LogP contribution in [0, 0.1) is 11.7 Å². The monoisotopic (exact) mass is 239 g/mol. The van der Waals surface area contributed by atoms with E-state index in [4.69, 9.17) is 0 Å². The molecule has 0 radical (unpaired) electrons. The third-order valence-electron chi connectivity index (χ3n) is 3.07. The minimum Gasteiger partial charge on any atom is -0.387 e. The van der Waals surface area contributed by atoms with Crippen LogP contribution in [0.25, 0.3) is 0 Å². The molecule has 1 aromatic carbocycles. The third kappa shape index (κ3) is 4.44. The maximum Gasteiger partial charge on any atom is 0.129 e. The molecule has 1 rings (SSSR count). The topological polar surface area (TPSA) is 23.5 Å². The average molecular weight is 239 g/mol. The number of hydrogen-bond donors (Lipinski definition) is 1. The normalized spacial score (nSPS) is 14.9. The Kier molecular flexibility index (Phi) is 5.59. The van der Waals surface area contributed by atoms with Gasteiger partial charge < -0.3 is 10.0 Å². The predicted molar refractivity (Wildman–Crippen MR) is 68.3 cm³/mol. The molecule has 0 saturated heterocycles. The summed E-state index contributed by atoms with van der Waals surface area (Å²) in [4.78, 5) is 2.05. The molecule has 2 unspecified atom stereocenters. The summed E-state index contributed by atoms with van der Waals surface area (Å²) in [6, 6.07) is 6.40. The van der Waals surface area contributed by atoms with Gasteiger partial charge in [0, 0.05) is 18.7 Å². The quantitative estimate of drug-likeness (QED) is 0.825. The lowest BCUT2D eigenvalue weighted by Crippen LogP contribution is -2.29. The zero-order chi connectivity index (χ0) is 12.8. The molecule has 0 spiro atoms. The molecule has 96 valence electrons. The molecule has 3 heteroatoms.